The summed E-state index contributed by atoms with van der Waals surface area (Å²) < 4.78 is 5.02. The van der Waals surface area contributed by atoms with Gasteiger partial charge in [0.1, 0.15) is 5.54 Å². The Morgan fingerprint density at radius 3 is 2.55 bits per heavy atom. The highest BCUT2D eigenvalue weighted by Gasteiger charge is 2.56. The largest absolute Gasteiger partial charge is 0.466 e. The number of nitrogens with zero attached hydrogens (tertiary/aromatic N) is 2. The highest BCUT2D eigenvalue weighted by Crippen LogP contribution is 2.37. The van der Waals surface area contributed by atoms with Crippen LogP contribution in [0.5, 0.6) is 0 Å². The number of carbonyl (C=O) groups is 3. The van der Waals surface area contributed by atoms with Gasteiger partial charge in [-0.1, -0.05) is 43.0 Å². The maximum absolute atomic E-state index is 13.5. The Morgan fingerprint density at radius 1 is 1.28 bits per heavy atom. The van der Waals surface area contributed by atoms with Crippen LogP contribution in [0.15, 0.2) is 55.1 Å². The van der Waals surface area contributed by atoms with E-state index in [1.807, 2.05) is 30.3 Å². The third-order valence-electron chi connectivity index (χ3n) is 4.91. The van der Waals surface area contributed by atoms with E-state index in [4.69, 9.17) is 16.3 Å². The average Bonchev–Trinajstić information content (AvgIpc) is 2.90. The lowest BCUT2D eigenvalue weighted by Crippen LogP contribution is -2.50. The lowest BCUT2D eigenvalue weighted by atomic mass is 9.87. The smallest absolute Gasteiger partial charge is 0.328 e. The minimum absolute atomic E-state index is 0.0176. The van der Waals surface area contributed by atoms with Crippen LogP contribution in [-0.2, 0) is 20.9 Å². The summed E-state index contributed by atoms with van der Waals surface area (Å²) in [7, 11) is 0. The molecule has 0 spiro atoms. The van der Waals surface area contributed by atoms with Crippen molar-refractivity contribution in [3.05, 3.63) is 60.7 Å². The molecule has 0 N–H and O–H groups in total. The number of ether oxygens (including phenoxy) is 1. The summed E-state index contributed by atoms with van der Waals surface area (Å²) in [5, 5.41) is 0. The summed E-state index contributed by atoms with van der Waals surface area (Å²) in [6.07, 6.45) is 1.98. The number of hydrogen-bond donors (Lipinski definition) is 0. The molecule has 1 aromatic rings. The second kappa shape index (κ2) is 10.3. The summed E-state index contributed by atoms with van der Waals surface area (Å²) in [5.74, 6) is -0.592. The number of alkyl halides is 1. The lowest BCUT2D eigenvalue weighted by Gasteiger charge is -2.34. The van der Waals surface area contributed by atoms with Crippen molar-refractivity contribution in [1.29, 1.82) is 0 Å². The molecule has 6 nitrogen and oxygen atoms in total. The van der Waals surface area contributed by atoms with Crippen LogP contribution >= 0.6 is 11.6 Å². The average molecular weight is 419 g/mol. The molecule has 0 aliphatic carbocycles. The van der Waals surface area contributed by atoms with E-state index < -0.39 is 17.5 Å². The normalized spacial score (nSPS) is 18.8. The van der Waals surface area contributed by atoms with E-state index in [1.165, 1.54) is 9.80 Å². The molecule has 0 saturated carbocycles. The minimum Gasteiger partial charge on any atom is -0.466 e. The molecule has 1 atom stereocenters. The topological polar surface area (TPSA) is 66.9 Å². The molecule has 7 heteroatoms. The van der Waals surface area contributed by atoms with Crippen LogP contribution in [0.3, 0.4) is 0 Å². The number of imide groups is 1. The van der Waals surface area contributed by atoms with Gasteiger partial charge in [-0.25, -0.2) is 4.79 Å². The Morgan fingerprint density at radius 2 is 1.97 bits per heavy atom. The van der Waals surface area contributed by atoms with Crippen molar-refractivity contribution in [1.82, 2.24) is 9.80 Å². The fourth-order valence-corrected chi connectivity index (χ4v) is 3.58. The predicted molar refractivity (Wildman–Crippen MR) is 112 cm³/mol. The maximum atomic E-state index is 13.5. The molecule has 0 bridgehead atoms. The van der Waals surface area contributed by atoms with Crippen LogP contribution < -0.4 is 0 Å². The van der Waals surface area contributed by atoms with Crippen molar-refractivity contribution in [2.75, 3.05) is 19.0 Å². The van der Waals surface area contributed by atoms with Crippen LogP contribution in [0.25, 0.3) is 0 Å². The van der Waals surface area contributed by atoms with Crippen LogP contribution in [0.2, 0.25) is 0 Å². The van der Waals surface area contributed by atoms with Gasteiger partial charge in [-0.05, 0) is 30.9 Å². The molecule has 1 aliphatic rings. The number of esters is 1. The van der Waals surface area contributed by atoms with Crippen molar-refractivity contribution in [2.24, 2.45) is 0 Å². The van der Waals surface area contributed by atoms with Crippen LogP contribution in [-0.4, -0.2) is 52.3 Å². The van der Waals surface area contributed by atoms with Crippen molar-refractivity contribution < 1.29 is 19.1 Å². The minimum atomic E-state index is -1.21. The Kier molecular flexibility index (Phi) is 8.02. The zero-order valence-electron chi connectivity index (χ0n) is 16.7. The number of hydrogen-bond acceptors (Lipinski definition) is 4. The zero-order valence-corrected chi connectivity index (χ0v) is 17.5. The van der Waals surface area contributed by atoms with E-state index in [1.54, 1.807) is 13.0 Å². The summed E-state index contributed by atoms with van der Waals surface area (Å²) in [5.41, 5.74) is 0.235. The first kappa shape index (κ1) is 22.7. The predicted octanol–water partition coefficient (Wildman–Crippen LogP) is 3.90. The molecule has 1 aromatic carbocycles. The SMILES string of the molecule is C=CCC1(CCC(=O)OCC)C(=O)N(Cc2ccccc2)C(=O)N1CC(=C)CCl. The van der Waals surface area contributed by atoms with Gasteiger partial charge in [0.2, 0.25) is 0 Å². The van der Waals surface area contributed by atoms with Crippen LogP contribution in [0, 0.1) is 0 Å². The number of benzene rings is 1. The number of halogens is 1. The van der Waals surface area contributed by atoms with Gasteiger partial charge in [0.25, 0.3) is 5.91 Å². The summed E-state index contributed by atoms with van der Waals surface area (Å²) in [6, 6.07) is 8.87. The molecule has 1 fully saturated rings. The monoisotopic (exact) mass is 418 g/mol. The summed E-state index contributed by atoms with van der Waals surface area (Å²) in [6.45, 7) is 9.91. The second-order valence-electron chi connectivity index (χ2n) is 6.96. The van der Waals surface area contributed by atoms with Crippen LogP contribution in [0.4, 0.5) is 4.79 Å². The number of carbonyl (C=O) groups excluding carboxylic acids is 3. The molecular weight excluding hydrogens is 392 g/mol. The van der Waals surface area contributed by atoms with Crippen molar-refractivity contribution in [3.63, 3.8) is 0 Å². The van der Waals surface area contributed by atoms with E-state index in [0.29, 0.717) is 5.57 Å². The molecule has 1 aliphatic heterocycles. The third kappa shape index (κ3) is 5.07. The van der Waals surface area contributed by atoms with E-state index >= 15 is 0 Å². The van der Waals surface area contributed by atoms with Gasteiger partial charge in [0.05, 0.1) is 13.2 Å². The van der Waals surface area contributed by atoms with Crippen molar-refractivity contribution >= 4 is 29.5 Å². The highest BCUT2D eigenvalue weighted by atomic mass is 35.5. The van der Waals surface area contributed by atoms with E-state index in [9.17, 15) is 14.4 Å². The summed E-state index contributed by atoms with van der Waals surface area (Å²) in [4.78, 5) is 41.4. The lowest BCUT2D eigenvalue weighted by molar-refractivity contribution is -0.144. The van der Waals surface area contributed by atoms with E-state index in [2.05, 4.69) is 13.2 Å². The Labute approximate surface area is 176 Å². The molecule has 3 amide bonds. The summed E-state index contributed by atoms with van der Waals surface area (Å²) >= 11 is 5.89. The van der Waals surface area contributed by atoms with Gasteiger partial charge in [0, 0.05) is 18.8 Å². The quantitative estimate of drug-likeness (QED) is 0.236. The maximum Gasteiger partial charge on any atom is 0.328 e. The Balaban J connectivity index is 2.39. The number of amides is 3. The van der Waals surface area contributed by atoms with Gasteiger partial charge in [-0.2, -0.15) is 0 Å². The standard InChI is InChI=1S/C22H27ClN2O4/c1-4-12-22(13-11-19(26)29-5-2)20(27)24(16-18-9-7-6-8-10-18)21(28)25(22)15-17(3)14-23/h4,6-10H,1,3,5,11-16H2,2H3. The molecule has 29 heavy (non-hydrogen) atoms. The van der Waals surface area contributed by atoms with E-state index in [-0.39, 0.29) is 50.7 Å². The Hall–Kier alpha value is -2.60. The second-order valence-corrected chi connectivity index (χ2v) is 7.23. The van der Waals surface area contributed by atoms with Crippen molar-refractivity contribution in [3.8, 4) is 0 Å². The first-order valence-corrected chi connectivity index (χ1v) is 10.1. The fraction of sp³-hybridized carbons (Fsp3) is 0.409. The van der Waals surface area contributed by atoms with Gasteiger partial charge in [-0.3, -0.25) is 14.5 Å². The molecule has 0 aromatic heterocycles. The molecular formula is C22H27ClN2O4. The van der Waals surface area contributed by atoms with E-state index in [0.717, 1.165) is 5.56 Å². The van der Waals surface area contributed by atoms with Gasteiger partial charge < -0.3 is 9.64 Å². The highest BCUT2D eigenvalue weighted by molar-refractivity contribution is 6.19. The molecule has 2 rings (SSSR count). The molecule has 1 unspecified atom stereocenters. The van der Waals surface area contributed by atoms with Crippen molar-refractivity contribution in [2.45, 2.75) is 38.3 Å². The molecule has 156 valence electrons. The first-order valence-electron chi connectivity index (χ1n) is 9.56. The molecule has 0 radical (unpaired) electrons. The van der Waals surface area contributed by atoms with Gasteiger partial charge in [0.15, 0.2) is 0 Å². The molecule has 1 heterocycles. The van der Waals surface area contributed by atoms with Crippen LogP contribution in [0.1, 0.15) is 31.7 Å². The Bertz CT molecular complexity index is 780. The third-order valence-corrected chi connectivity index (χ3v) is 5.28. The number of urea groups is 1. The molecule has 1 saturated heterocycles. The van der Waals surface area contributed by atoms with Gasteiger partial charge in [-0.15, -0.1) is 18.2 Å². The first-order chi connectivity index (χ1) is 13.9. The number of rotatable bonds is 11. The zero-order chi connectivity index (χ0) is 21.4. The fourth-order valence-electron chi connectivity index (χ4n) is 3.49. The van der Waals surface area contributed by atoms with Gasteiger partial charge >= 0.3 is 12.0 Å².